The van der Waals surface area contributed by atoms with Crippen molar-refractivity contribution in [1.29, 1.82) is 0 Å². The third-order valence-corrected chi connectivity index (χ3v) is 6.17. The molecule has 0 bridgehead atoms. The Morgan fingerprint density at radius 1 is 1.24 bits per heavy atom. The summed E-state index contributed by atoms with van der Waals surface area (Å²) in [4.78, 5) is 9.26. The molecule has 6 nitrogen and oxygen atoms in total. The summed E-state index contributed by atoms with van der Waals surface area (Å²) in [5.41, 5.74) is 2.91. The van der Waals surface area contributed by atoms with Crippen molar-refractivity contribution < 1.29 is 0 Å². The lowest BCUT2D eigenvalue weighted by atomic mass is 10.1. The number of hydrogen-bond acceptors (Lipinski definition) is 6. The first kappa shape index (κ1) is 20.1. The zero-order valence-electron chi connectivity index (χ0n) is 17.7. The van der Waals surface area contributed by atoms with Gasteiger partial charge in [-0.05, 0) is 57.7 Å². The van der Waals surface area contributed by atoms with Gasteiger partial charge in [-0.3, -0.25) is 0 Å². The number of pyridine rings is 1. The number of amidine groups is 1. The molecule has 2 aromatic rings. The zero-order valence-corrected chi connectivity index (χ0v) is 17.7. The van der Waals surface area contributed by atoms with Crippen LogP contribution in [-0.4, -0.2) is 40.7 Å². The summed E-state index contributed by atoms with van der Waals surface area (Å²) in [7, 11) is 0. The summed E-state index contributed by atoms with van der Waals surface area (Å²) in [6, 6.07) is 9.44. The van der Waals surface area contributed by atoms with E-state index in [0.29, 0.717) is 17.9 Å². The van der Waals surface area contributed by atoms with E-state index in [9.17, 15) is 5.21 Å². The van der Waals surface area contributed by atoms with Crippen molar-refractivity contribution in [2.75, 3.05) is 11.9 Å². The maximum absolute atomic E-state index is 12.3. The van der Waals surface area contributed by atoms with Gasteiger partial charge >= 0.3 is 0 Å². The number of aromatic nitrogens is 1. The summed E-state index contributed by atoms with van der Waals surface area (Å²) >= 11 is 0. The minimum Gasteiger partial charge on any atom is -0.756 e. The molecule has 2 atom stereocenters. The quantitative estimate of drug-likeness (QED) is 0.686. The van der Waals surface area contributed by atoms with Crippen LogP contribution in [0.1, 0.15) is 63.5 Å². The van der Waals surface area contributed by atoms with Gasteiger partial charge in [0.1, 0.15) is 17.8 Å². The Morgan fingerprint density at radius 3 is 2.72 bits per heavy atom. The van der Waals surface area contributed by atoms with E-state index < -0.39 is 0 Å². The fourth-order valence-corrected chi connectivity index (χ4v) is 4.39. The van der Waals surface area contributed by atoms with Gasteiger partial charge in [0, 0.05) is 24.0 Å². The van der Waals surface area contributed by atoms with Gasteiger partial charge in [-0.2, -0.15) is 0 Å². The molecule has 0 spiro atoms. The van der Waals surface area contributed by atoms with E-state index >= 15 is 0 Å². The third-order valence-electron chi connectivity index (χ3n) is 6.17. The Hall–Kier alpha value is -2.18. The highest BCUT2D eigenvalue weighted by Crippen LogP contribution is 2.28. The first-order valence-electron chi connectivity index (χ1n) is 11.0. The monoisotopic (exact) mass is 394 g/mol. The van der Waals surface area contributed by atoms with Crippen molar-refractivity contribution in [3.63, 3.8) is 0 Å². The minimum absolute atomic E-state index is 0.314. The number of nitrogens with zero attached hydrogens (tertiary/aromatic N) is 3. The Kier molecular flexibility index (Phi) is 6.01. The van der Waals surface area contributed by atoms with E-state index in [0.717, 1.165) is 46.7 Å². The molecule has 2 N–H and O–H groups in total. The number of hydroxylamine groups is 2. The summed E-state index contributed by atoms with van der Waals surface area (Å²) < 4.78 is 0. The van der Waals surface area contributed by atoms with Crippen molar-refractivity contribution in [3.05, 3.63) is 40.6 Å². The third kappa shape index (κ3) is 4.38. The number of benzene rings is 1. The number of nitrogens with one attached hydrogen (secondary N) is 2. The van der Waals surface area contributed by atoms with E-state index in [1.54, 1.807) is 0 Å². The van der Waals surface area contributed by atoms with E-state index in [4.69, 9.17) is 4.98 Å². The van der Waals surface area contributed by atoms with Gasteiger partial charge in [0.15, 0.2) is 0 Å². The van der Waals surface area contributed by atoms with E-state index in [1.165, 1.54) is 31.2 Å². The number of fused-ring (bicyclic) bond motifs is 1. The van der Waals surface area contributed by atoms with E-state index in [-0.39, 0.29) is 6.17 Å². The van der Waals surface area contributed by atoms with Crippen molar-refractivity contribution in [2.24, 2.45) is 4.99 Å². The van der Waals surface area contributed by atoms with Gasteiger partial charge in [0.2, 0.25) is 0 Å². The van der Waals surface area contributed by atoms with Crippen molar-refractivity contribution >= 4 is 22.6 Å². The van der Waals surface area contributed by atoms with E-state index in [1.807, 2.05) is 19.1 Å². The van der Waals surface area contributed by atoms with Crippen molar-refractivity contribution in [3.8, 4) is 0 Å². The number of aryl methyl sites for hydroxylation is 1. The number of rotatable bonds is 8. The minimum atomic E-state index is -0.314. The number of hydrogen-bond donors (Lipinski definition) is 2. The highest BCUT2D eigenvalue weighted by atomic mass is 16.5. The van der Waals surface area contributed by atoms with Crippen LogP contribution < -0.4 is 10.6 Å². The molecule has 0 radical (unpaired) electrons. The molecule has 29 heavy (non-hydrogen) atoms. The smallest absolute Gasteiger partial charge is 0.137 e. The highest BCUT2D eigenvalue weighted by molar-refractivity contribution is 6.08. The molecule has 0 amide bonds. The number of aliphatic imine (C=N–C) groups is 1. The van der Waals surface area contributed by atoms with Crippen molar-refractivity contribution in [2.45, 2.75) is 77.5 Å². The summed E-state index contributed by atoms with van der Waals surface area (Å²) in [6.45, 7) is 6.94. The predicted octanol–water partition coefficient (Wildman–Crippen LogP) is 4.56. The molecule has 0 saturated heterocycles. The van der Waals surface area contributed by atoms with Crippen LogP contribution in [0.4, 0.5) is 5.82 Å². The highest BCUT2D eigenvalue weighted by Gasteiger charge is 2.24. The van der Waals surface area contributed by atoms with Crippen LogP contribution in [0.15, 0.2) is 29.3 Å². The van der Waals surface area contributed by atoms with Crippen LogP contribution in [-0.2, 0) is 0 Å². The molecule has 1 fully saturated rings. The van der Waals surface area contributed by atoms with Gasteiger partial charge in [-0.25, -0.2) is 9.98 Å². The molecular weight excluding hydrogens is 362 g/mol. The van der Waals surface area contributed by atoms with Crippen LogP contribution in [0, 0.1) is 12.1 Å². The fourth-order valence-electron chi connectivity index (χ4n) is 4.39. The van der Waals surface area contributed by atoms with Crippen molar-refractivity contribution in [1.82, 2.24) is 15.4 Å². The largest absolute Gasteiger partial charge is 0.756 e. The topological polar surface area (TPSA) is 75.6 Å². The second-order valence-electron chi connectivity index (χ2n) is 8.46. The Bertz CT molecular complexity index is 890. The molecule has 1 aromatic heterocycles. The maximum Gasteiger partial charge on any atom is 0.137 e. The normalized spacial score (nSPS) is 20.6. The van der Waals surface area contributed by atoms with Gasteiger partial charge in [0.25, 0.3) is 0 Å². The predicted molar refractivity (Wildman–Crippen MR) is 120 cm³/mol. The molecule has 1 aliphatic carbocycles. The van der Waals surface area contributed by atoms with Crippen LogP contribution in [0.25, 0.3) is 10.9 Å². The molecular formula is C23H32N5O-. The van der Waals surface area contributed by atoms with Gasteiger partial charge < -0.3 is 20.9 Å². The Labute approximate surface area is 173 Å². The molecule has 1 aromatic carbocycles. The second kappa shape index (κ2) is 8.67. The molecule has 156 valence electrons. The van der Waals surface area contributed by atoms with Gasteiger partial charge in [0.05, 0.1) is 11.1 Å². The van der Waals surface area contributed by atoms with Crippen LogP contribution in [0.5, 0.6) is 0 Å². The SMILES string of the molecule is CCC(CCNc1nc2ccc(C)cc2cc1C1=NC(C)N1[O-])NC1CCCC1. The molecule has 2 unspecified atom stereocenters. The standard InChI is InChI=1S/C23H32N5O/c1-4-18(26-19-7-5-6-8-19)11-12-24-22-20(23-25-16(3)28(23)29)14-17-13-15(2)9-10-21(17)27-22/h9-10,13-14,16,18-19,26H,4-8,11-12H2,1-3H3,(H,24,27)/q-1. The summed E-state index contributed by atoms with van der Waals surface area (Å²) in [6.07, 6.45) is 7.14. The Balaban J connectivity index is 1.50. The lowest BCUT2D eigenvalue weighted by Crippen LogP contribution is -2.43. The second-order valence-corrected chi connectivity index (χ2v) is 8.46. The molecule has 1 aliphatic heterocycles. The average molecular weight is 395 g/mol. The fraction of sp³-hybridized carbons (Fsp3) is 0.565. The Morgan fingerprint density at radius 2 is 2.03 bits per heavy atom. The lowest BCUT2D eigenvalue weighted by molar-refractivity contribution is 0.385. The molecule has 2 heterocycles. The summed E-state index contributed by atoms with van der Waals surface area (Å²) in [5, 5.41) is 21.6. The number of anilines is 1. The first-order valence-corrected chi connectivity index (χ1v) is 11.0. The van der Waals surface area contributed by atoms with Gasteiger partial charge in [-0.1, -0.05) is 31.4 Å². The lowest BCUT2D eigenvalue weighted by Gasteiger charge is -2.44. The zero-order chi connectivity index (χ0) is 20.4. The van der Waals surface area contributed by atoms with Crippen LogP contribution in [0.3, 0.4) is 0 Å². The van der Waals surface area contributed by atoms with Gasteiger partial charge in [-0.15, -0.1) is 0 Å². The average Bonchev–Trinajstić information content (AvgIpc) is 3.23. The maximum atomic E-state index is 12.3. The van der Waals surface area contributed by atoms with E-state index in [2.05, 4.69) is 41.6 Å². The van der Waals surface area contributed by atoms with Crippen LogP contribution in [0.2, 0.25) is 0 Å². The van der Waals surface area contributed by atoms with Crippen LogP contribution >= 0.6 is 0 Å². The first-order chi connectivity index (χ1) is 14.0. The molecule has 1 saturated carbocycles. The molecule has 4 rings (SSSR count). The summed E-state index contributed by atoms with van der Waals surface area (Å²) in [5.74, 6) is 1.23. The molecule has 6 heteroatoms. The molecule has 2 aliphatic rings.